The van der Waals surface area contributed by atoms with Crippen molar-refractivity contribution in [2.24, 2.45) is 0 Å². The zero-order valence-corrected chi connectivity index (χ0v) is 21.2. The highest BCUT2D eigenvalue weighted by Gasteiger charge is 2.28. The summed E-state index contributed by atoms with van der Waals surface area (Å²) < 4.78 is 20.8. The minimum absolute atomic E-state index is 0.101. The summed E-state index contributed by atoms with van der Waals surface area (Å²) in [4.78, 5) is 24.0. The van der Waals surface area contributed by atoms with Crippen molar-refractivity contribution in [1.82, 2.24) is 15.1 Å². The standard InChI is InChI=1S/C26H29ClFN3O6/c1-15(2)23-24(25(36)29-13-16-3-5-17(27)6-4-16)30-31(19-9-7-18(28)8-10-19)26(23)37-14-21(33)11-20(32)12-22(34)35/h3-10,15,20-21,32-33H,11-14H2,1-2H3,(H,29,36)(H,34,35)/t20-,21+/m1/s1. The number of ether oxygens (including phenoxy) is 1. The molecule has 198 valence electrons. The van der Waals surface area contributed by atoms with E-state index in [2.05, 4.69) is 10.4 Å². The molecule has 9 nitrogen and oxygen atoms in total. The molecule has 0 aliphatic carbocycles. The van der Waals surface area contributed by atoms with Crippen LogP contribution in [0.15, 0.2) is 48.5 Å². The van der Waals surface area contributed by atoms with Crippen LogP contribution in [0.5, 0.6) is 5.88 Å². The molecular formula is C26H29ClFN3O6. The van der Waals surface area contributed by atoms with Gasteiger partial charge < -0.3 is 25.4 Å². The van der Waals surface area contributed by atoms with Crippen LogP contribution in [-0.4, -0.2) is 55.8 Å². The van der Waals surface area contributed by atoms with Crippen LogP contribution in [0.3, 0.4) is 0 Å². The Hall–Kier alpha value is -3.47. The number of aliphatic hydroxyl groups excluding tert-OH is 2. The highest BCUT2D eigenvalue weighted by molar-refractivity contribution is 6.30. The van der Waals surface area contributed by atoms with Crippen LogP contribution >= 0.6 is 11.6 Å². The fourth-order valence-corrected chi connectivity index (χ4v) is 3.84. The summed E-state index contributed by atoms with van der Waals surface area (Å²) in [5, 5.41) is 36.8. The first-order chi connectivity index (χ1) is 17.5. The third kappa shape index (κ3) is 7.75. The molecule has 0 bridgehead atoms. The molecule has 0 fully saturated rings. The highest BCUT2D eigenvalue weighted by atomic mass is 35.5. The van der Waals surface area contributed by atoms with E-state index in [1.807, 2.05) is 13.8 Å². The first-order valence-electron chi connectivity index (χ1n) is 11.7. The maximum atomic E-state index is 13.6. The number of nitrogens with zero attached hydrogens (tertiary/aromatic N) is 2. The van der Waals surface area contributed by atoms with Crippen molar-refractivity contribution in [1.29, 1.82) is 0 Å². The molecule has 0 unspecified atom stereocenters. The number of aromatic nitrogens is 2. The second-order valence-electron chi connectivity index (χ2n) is 8.87. The SMILES string of the molecule is CC(C)c1c(C(=O)NCc2ccc(Cl)cc2)nn(-c2ccc(F)cc2)c1OC[C@@H](O)C[C@@H](O)CC(=O)O. The molecule has 0 aliphatic heterocycles. The summed E-state index contributed by atoms with van der Waals surface area (Å²) in [6.45, 7) is 3.63. The third-order valence-corrected chi connectivity index (χ3v) is 5.73. The Morgan fingerprint density at radius 3 is 2.32 bits per heavy atom. The zero-order valence-electron chi connectivity index (χ0n) is 20.4. The molecule has 2 atom stereocenters. The van der Waals surface area contributed by atoms with E-state index in [1.54, 1.807) is 24.3 Å². The fourth-order valence-electron chi connectivity index (χ4n) is 3.71. The molecule has 0 radical (unpaired) electrons. The van der Waals surface area contributed by atoms with E-state index < -0.39 is 36.3 Å². The van der Waals surface area contributed by atoms with Crippen LogP contribution in [-0.2, 0) is 11.3 Å². The average Bonchev–Trinajstić information content (AvgIpc) is 3.22. The van der Waals surface area contributed by atoms with Gasteiger partial charge in [-0.15, -0.1) is 0 Å². The van der Waals surface area contributed by atoms with Gasteiger partial charge in [-0.2, -0.15) is 5.10 Å². The van der Waals surface area contributed by atoms with E-state index in [0.29, 0.717) is 16.3 Å². The van der Waals surface area contributed by atoms with Gasteiger partial charge in [0.1, 0.15) is 12.4 Å². The van der Waals surface area contributed by atoms with Crippen LogP contribution < -0.4 is 10.1 Å². The predicted molar refractivity (Wildman–Crippen MR) is 135 cm³/mol. The van der Waals surface area contributed by atoms with Crippen molar-refractivity contribution < 1.29 is 34.0 Å². The lowest BCUT2D eigenvalue weighted by molar-refractivity contribution is -0.139. The predicted octanol–water partition coefficient (Wildman–Crippen LogP) is 3.68. The van der Waals surface area contributed by atoms with Crippen LogP contribution in [0.4, 0.5) is 4.39 Å². The van der Waals surface area contributed by atoms with Gasteiger partial charge in [0, 0.05) is 23.6 Å². The van der Waals surface area contributed by atoms with Gasteiger partial charge >= 0.3 is 5.97 Å². The van der Waals surface area contributed by atoms with Gasteiger partial charge in [0.25, 0.3) is 5.91 Å². The summed E-state index contributed by atoms with van der Waals surface area (Å²) in [7, 11) is 0. The number of rotatable bonds is 12. The Morgan fingerprint density at radius 2 is 1.73 bits per heavy atom. The van der Waals surface area contributed by atoms with E-state index in [9.17, 15) is 24.2 Å². The van der Waals surface area contributed by atoms with Crippen molar-refractivity contribution in [3.05, 3.63) is 76.2 Å². The molecule has 1 heterocycles. The van der Waals surface area contributed by atoms with Crippen molar-refractivity contribution in [3.63, 3.8) is 0 Å². The first kappa shape index (κ1) is 28.1. The number of hydrogen-bond acceptors (Lipinski definition) is 6. The summed E-state index contributed by atoms with van der Waals surface area (Å²) >= 11 is 5.92. The third-order valence-electron chi connectivity index (χ3n) is 5.47. The van der Waals surface area contributed by atoms with Crippen molar-refractivity contribution >= 4 is 23.5 Å². The second kappa shape index (κ2) is 12.7. The Labute approximate surface area is 218 Å². The molecule has 0 spiro atoms. The molecule has 3 rings (SSSR count). The topological polar surface area (TPSA) is 134 Å². The molecule has 1 amide bonds. The Bertz CT molecular complexity index is 1210. The number of aliphatic hydroxyl groups is 2. The molecule has 37 heavy (non-hydrogen) atoms. The van der Waals surface area contributed by atoms with Crippen LogP contribution in [0, 0.1) is 5.82 Å². The number of aliphatic carboxylic acids is 1. The van der Waals surface area contributed by atoms with Gasteiger partial charge in [-0.1, -0.05) is 37.6 Å². The van der Waals surface area contributed by atoms with E-state index >= 15 is 0 Å². The molecule has 11 heteroatoms. The van der Waals surface area contributed by atoms with Crippen LogP contribution in [0.2, 0.25) is 5.02 Å². The molecule has 3 aromatic rings. The lowest BCUT2D eigenvalue weighted by atomic mass is 10.0. The van der Waals surface area contributed by atoms with Gasteiger partial charge in [0.2, 0.25) is 5.88 Å². The fraction of sp³-hybridized carbons (Fsp3) is 0.346. The summed E-state index contributed by atoms with van der Waals surface area (Å²) in [5.74, 6) is -2.15. The minimum Gasteiger partial charge on any atom is -0.481 e. The van der Waals surface area contributed by atoms with Gasteiger partial charge in [-0.05, 0) is 47.9 Å². The molecule has 0 aliphatic rings. The number of carbonyl (C=O) groups is 2. The van der Waals surface area contributed by atoms with Gasteiger partial charge in [0.05, 0.1) is 24.3 Å². The summed E-state index contributed by atoms with van der Waals surface area (Å²) in [6.07, 6.45) is -3.17. The van der Waals surface area contributed by atoms with Crippen molar-refractivity contribution in [3.8, 4) is 11.6 Å². The van der Waals surface area contributed by atoms with Crippen molar-refractivity contribution in [2.75, 3.05) is 6.61 Å². The quantitative estimate of drug-likeness (QED) is 0.279. The first-order valence-corrected chi connectivity index (χ1v) is 12.0. The Morgan fingerprint density at radius 1 is 1.08 bits per heavy atom. The maximum absolute atomic E-state index is 13.6. The van der Waals surface area contributed by atoms with Crippen LogP contribution in [0.25, 0.3) is 5.69 Å². The average molecular weight is 534 g/mol. The highest BCUT2D eigenvalue weighted by Crippen LogP contribution is 2.33. The van der Waals surface area contributed by atoms with Gasteiger partial charge in [-0.3, -0.25) is 9.59 Å². The normalized spacial score (nSPS) is 12.8. The zero-order chi connectivity index (χ0) is 27.1. The van der Waals surface area contributed by atoms with Gasteiger partial charge in [-0.25, -0.2) is 9.07 Å². The van der Waals surface area contributed by atoms with Crippen molar-refractivity contribution in [2.45, 2.75) is 51.4 Å². The monoisotopic (exact) mass is 533 g/mol. The van der Waals surface area contributed by atoms with E-state index in [4.69, 9.17) is 21.4 Å². The van der Waals surface area contributed by atoms with E-state index in [1.165, 1.54) is 28.9 Å². The van der Waals surface area contributed by atoms with E-state index in [0.717, 1.165) is 5.56 Å². The molecule has 1 aromatic heterocycles. The number of hydrogen-bond donors (Lipinski definition) is 4. The summed E-state index contributed by atoms with van der Waals surface area (Å²) in [5.41, 5.74) is 1.83. The van der Waals surface area contributed by atoms with E-state index in [-0.39, 0.29) is 37.1 Å². The number of amides is 1. The minimum atomic E-state index is -1.25. The molecule has 0 saturated heterocycles. The number of carbonyl (C=O) groups excluding carboxylic acids is 1. The van der Waals surface area contributed by atoms with Gasteiger partial charge in [0.15, 0.2) is 5.69 Å². The lowest BCUT2D eigenvalue weighted by Gasteiger charge is -2.17. The Balaban J connectivity index is 1.90. The number of carboxylic acid groups (broad SMARTS) is 1. The molecule has 0 saturated carbocycles. The maximum Gasteiger partial charge on any atom is 0.305 e. The lowest BCUT2D eigenvalue weighted by Crippen LogP contribution is -2.26. The molecule has 4 N–H and O–H groups in total. The Kier molecular flexibility index (Phi) is 9.62. The number of nitrogens with one attached hydrogen (secondary N) is 1. The molecular weight excluding hydrogens is 505 g/mol. The number of carboxylic acids is 1. The largest absolute Gasteiger partial charge is 0.481 e. The smallest absolute Gasteiger partial charge is 0.305 e. The molecule has 2 aromatic carbocycles. The number of halogens is 2. The second-order valence-corrected chi connectivity index (χ2v) is 9.31. The summed E-state index contributed by atoms with van der Waals surface area (Å²) in [6, 6.07) is 12.5. The number of benzene rings is 2. The van der Waals surface area contributed by atoms with Crippen LogP contribution in [0.1, 0.15) is 54.2 Å².